The van der Waals surface area contributed by atoms with Crippen LogP contribution in [0.25, 0.3) is 0 Å². The maximum absolute atomic E-state index is 9.82. The van der Waals surface area contributed by atoms with Crippen LogP contribution in [-0.4, -0.2) is 42.8 Å². The summed E-state index contributed by atoms with van der Waals surface area (Å²) in [5.41, 5.74) is 1.15. The molecule has 2 aliphatic rings. The molecule has 2 heterocycles. The summed E-state index contributed by atoms with van der Waals surface area (Å²) in [6.45, 7) is 4.37. The van der Waals surface area contributed by atoms with Crippen molar-refractivity contribution in [1.29, 1.82) is 0 Å². The van der Waals surface area contributed by atoms with Crippen molar-refractivity contribution in [1.82, 2.24) is 10.2 Å². The molecule has 0 spiro atoms. The second kappa shape index (κ2) is 5.39. The van der Waals surface area contributed by atoms with E-state index in [1.165, 1.54) is 25.9 Å². The van der Waals surface area contributed by atoms with Gasteiger partial charge in [0.05, 0.1) is 7.11 Å². The zero-order valence-corrected chi connectivity index (χ0v) is 11.4. The Balaban J connectivity index is 1.64. The fourth-order valence-corrected chi connectivity index (χ4v) is 3.36. The van der Waals surface area contributed by atoms with Crippen LogP contribution in [0.5, 0.6) is 11.5 Å². The maximum atomic E-state index is 9.82. The highest BCUT2D eigenvalue weighted by Crippen LogP contribution is 2.29. The van der Waals surface area contributed by atoms with Gasteiger partial charge in [-0.2, -0.15) is 0 Å². The molecule has 3 rings (SSSR count). The lowest BCUT2D eigenvalue weighted by Gasteiger charge is -2.24. The Kier molecular flexibility index (Phi) is 3.62. The molecule has 1 aromatic rings. The largest absolute Gasteiger partial charge is 0.504 e. The first-order valence-electron chi connectivity index (χ1n) is 7.08. The van der Waals surface area contributed by atoms with Crippen LogP contribution < -0.4 is 10.1 Å². The van der Waals surface area contributed by atoms with Crippen molar-refractivity contribution in [3.05, 3.63) is 23.8 Å². The van der Waals surface area contributed by atoms with E-state index in [1.807, 2.05) is 18.2 Å². The number of rotatable bonds is 3. The molecule has 1 aromatic carbocycles. The molecule has 2 fully saturated rings. The van der Waals surface area contributed by atoms with Gasteiger partial charge in [-0.15, -0.1) is 0 Å². The third-order valence-corrected chi connectivity index (χ3v) is 4.32. The number of hydrogen-bond donors (Lipinski definition) is 2. The first-order valence-corrected chi connectivity index (χ1v) is 7.08. The van der Waals surface area contributed by atoms with Crippen molar-refractivity contribution < 1.29 is 9.84 Å². The van der Waals surface area contributed by atoms with Gasteiger partial charge in [0.1, 0.15) is 0 Å². The van der Waals surface area contributed by atoms with Crippen LogP contribution in [0.1, 0.15) is 18.4 Å². The van der Waals surface area contributed by atoms with E-state index in [-0.39, 0.29) is 5.75 Å². The zero-order valence-electron chi connectivity index (χ0n) is 11.4. The fourth-order valence-electron chi connectivity index (χ4n) is 3.36. The van der Waals surface area contributed by atoms with Gasteiger partial charge in [0.2, 0.25) is 0 Å². The first-order chi connectivity index (χ1) is 9.26. The van der Waals surface area contributed by atoms with E-state index in [9.17, 15) is 5.11 Å². The number of ether oxygens (including phenoxy) is 1. The molecule has 0 amide bonds. The monoisotopic (exact) mass is 262 g/mol. The van der Waals surface area contributed by atoms with Gasteiger partial charge in [-0.25, -0.2) is 0 Å². The number of nitrogens with one attached hydrogen (secondary N) is 1. The Morgan fingerprint density at radius 2 is 2.32 bits per heavy atom. The van der Waals surface area contributed by atoms with Crippen LogP contribution in [0, 0.1) is 5.92 Å². The van der Waals surface area contributed by atoms with E-state index in [0.717, 1.165) is 24.6 Å². The first kappa shape index (κ1) is 12.8. The highest BCUT2D eigenvalue weighted by Gasteiger charge is 2.33. The summed E-state index contributed by atoms with van der Waals surface area (Å²) in [5.74, 6) is 1.58. The molecule has 19 heavy (non-hydrogen) atoms. The summed E-state index contributed by atoms with van der Waals surface area (Å²) in [5, 5.41) is 13.4. The summed E-state index contributed by atoms with van der Waals surface area (Å²) < 4.78 is 5.07. The molecule has 0 aromatic heterocycles. The lowest BCUT2D eigenvalue weighted by atomic mass is 9.94. The average molecular weight is 262 g/mol. The van der Waals surface area contributed by atoms with Gasteiger partial charge in [-0.3, -0.25) is 4.90 Å². The molecule has 4 heteroatoms. The minimum absolute atomic E-state index is 0.231. The van der Waals surface area contributed by atoms with Crippen molar-refractivity contribution in [2.24, 2.45) is 5.92 Å². The highest BCUT2D eigenvalue weighted by molar-refractivity contribution is 5.41. The van der Waals surface area contributed by atoms with Gasteiger partial charge in [0.15, 0.2) is 11.5 Å². The Bertz CT molecular complexity index is 436. The number of phenols is 1. The summed E-state index contributed by atoms with van der Waals surface area (Å²) in [6.07, 6.45) is 2.65. The van der Waals surface area contributed by atoms with Gasteiger partial charge in [-0.05, 0) is 43.0 Å². The third-order valence-electron chi connectivity index (χ3n) is 4.32. The molecule has 0 saturated carbocycles. The van der Waals surface area contributed by atoms with Gasteiger partial charge in [-0.1, -0.05) is 6.07 Å². The molecule has 0 bridgehead atoms. The number of aromatic hydroxyl groups is 1. The number of benzene rings is 1. The maximum Gasteiger partial charge on any atom is 0.160 e. The molecule has 2 aliphatic heterocycles. The molecular weight excluding hydrogens is 240 g/mol. The number of hydrogen-bond acceptors (Lipinski definition) is 4. The Labute approximate surface area is 114 Å². The van der Waals surface area contributed by atoms with Crippen LogP contribution >= 0.6 is 0 Å². The van der Waals surface area contributed by atoms with Crippen molar-refractivity contribution in [2.45, 2.75) is 25.4 Å². The number of methoxy groups -OCH3 is 1. The summed E-state index contributed by atoms with van der Waals surface area (Å²) >= 11 is 0. The summed E-state index contributed by atoms with van der Waals surface area (Å²) in [4.78, 5) is 2.48. The number of likely N-dealkylation sites (tertiary alicyclic amines) is 1. The van der Waals surface area contributed by atoms with Crippen molar-refractivity contribution in [2.75, 3.05) is 26.7 Å². The molecule has 0 aliphatic carbocycles. The van der Waals surface area contributed by atoms with Crippen molar-refractivity contribution >= 4 is 0 Å². The second-order valence-corrected chi connectivity index (χ2v) is 5.66. The Morgan fingerprint density at radius 1 is 1.42 bits per heavy atom. The molecule has 0 unspecified atom stereocenters. The SMILES string of the molecule is COc1ccc(CN2C[C@@H]3CCCN[C@@H]3C2)cc1O. The van der Waals surface area contributed by atoms with E-state index in [0.29, 0.717) is 11.8 Å². The smallest absolute Gasteiger partial charge is 0.160 e. The topological polar surface area (TPSA) is 44.7 Å². The van der Waals surface area contributed by atoms with E-state index in [4.69, 9.17) is 4.74 Å². The predicted octanol–water partition coefficient (Wildman–Crippen LogP) is 1.58. The molecule has 104 valence electrons. The number of piperidine rings is 1. The molecule has 4 nitrogen and oxygen atoms in total. The van der Waals surface area contributed by atoms with E-state index in [2.05, 4.69) is 10.2 Å². The second-order valence-electron chi connectivity index (χ2n) is 5.66. The van der Waals surface area contributed by atoms with Gasteiger partial charge in [0, 0.05) is 25.7 Å². The Morgan fingerprint density at radius 3 is 3.05 bits per heavy atom. The van der Waals surface area contributed by atoms with Gasteiger partial charge < -0.3 is 15.2 Å². The lowest BCUT2D eigenvalue weighted by molar-refractivity contribution is 0.311. The van der Waals surface area contributed by atoms with Crippen LogP contribution in [0.15, 0.2) is 18.2 Å². The molecule has 0 radical (unpaired) electrons. The normalized spacial score (nSPS) is 27.2. The number of fused-ring (bicyclic) bond motifs is 1. The molecule has 2 saturated heterocycles. The van der Waals surface area contributed by atoms with Crippen LogP contribution in [-0.2, 0) is 6.54 Å². The minimum atomic E-state index is 0.231. The minimum Gasteiger partial charge on any atom is -0.504 e. The summed E-state index contributed by atoms with van der Waals surface area (Å²) in [7, 11) is 1.57. The third kappa shape index (κ3) is 2.69. The fraction of sp³-hybridized carbons (Fsp3) is 0.600. The average Bonchev–Trinajstić information content (AvgIpc) is 2.81. The van der Waals surface area contributed by atoms with Crippen molar-refractivity contribution in [3.63, 3.8) is 0 Å². The van der Waals surface area contributed by atoms with Crippen LogP contribution in [0.4, 0.5) is 0 Å². The van der Waals surface area contributed by atoms with Crippen molar-refractivity contribution in [3.8, 4) is 11.5 Å². The molecule has 2 N–H and O–H groups in total. The number of phenolic OH excluding ortho intramolecular Hbond substituents is 1. The Hall–Kier alpha value is -1.26. The quantitative estimate of drug-likeness (QED) is 0.868. The van der Waals surface area contributed by atoms with Crippen LogP contribution in [0.3, 0.4) is 0 Å². The highest BCUT2D eigenvalue weighted by atomic mass is 16.5. The van der Waals surface area contributed by atoms with E-state index < -0.39 is 0 Å². The van der Waals surface area contributed by atoms with E-state index >= 15 is 0 Å². The molecular formula is C15H22N2O2. The summed E-state index contributed by atoms with van der Waals surface area (Å²) in [6, 6.07) is 6.36. The van der Waals surface area contributed by atoms with E-state index in [1.54, 1.807) is 7.11 Å². The zero-order chi connectivity index (χ0) is 13.2. The molecule has 2 atom stereocenters. The van der Waals surface area contributed by atoms with Gasteiger partial charge >= 0.3 is 0 Å². The standard InChI is InChI=1S/C15H22N2O2/c1-19-15-5-4-11(7-14(15)18)8-17-9-12-3-2-6-16-13(12)10-17/h4-5,7,12-13,16,18H,2-3,6,8-10H2,1H3/t12-,13+/m0/s1. The predicted molar refractivity (Wildman–Crippen MR) is 74.5 cm³/mol. The van der Waals surface area contributed by atoms with Crippen LogP contribution in [0.2, 0.25) is 0 Å². The number of nitrogens with zero attached hydrogens (tertiary/aromatic N) is 1. The lowest BCUT2D eigenvalue weighted by Crippen LogP contribution is -2.40. The van der Waals surface area contributed by atoms with Gasteiger partial charge in [0.25, 0.3) is 0 Å².